The number of nitrogens with zero attached hydrogens (tertiary/aromatic N) is 3. The summed E-state index contributed by atoms with van der Waals surface area (Å²) in [6.45, 7) is 1.68. The van der Waals surface area contributed by atoms with E-state index in [2.05, 4.69) is 4.98 Å². The SMILES string of the molecule is COCC1CN(S(=O)(=O)c2ccc(F)cc2)Cc2cncn2C1. The molecule has 1 aliphatic heterocycles. The van der Waals surface area contributed by atoms with Crippen LogP contribution in [0.1, 0.15) is 5.69 Å². The number of benzene rings is 1. The molecule has 1 atom stereocenters. The summed E-state index contributed by atoms with van der Waals surface area (Å²) in [5.41, 5.74) is 0.828. The first-order chi connectivity index (χ1) is 11.0. The fourth-order valence-corrected chi connectivity index (χ4v) is 4.28. The second kappa shape index (κ2) is 6.38. The van der Waals surface area contributed by atoms with Crippen LogP contribution in [0, 0.1) is 11.7 Å². The van der Waals surface area contributed by atoms with Gasteiger partial charge in [-0.25, -0.2) is 17.8 Å². The third-order valence-corrected chi connectivity index (χ3v) is 5.73. The number of sulfonamides is 1. The van der Waals surface area contributed by atoms with Gasteiger partial charge < -0.3 is 9.30 Å². The van der Waals surface area contributed by atoms with Crippen molar-refractivity contribution < 1.29 is 17.5 Å². The van der Waals surface area contributed by atoms with E-state index in [0.717, 1.165) is 17.8 Å². The van der Waals surface area contributed by atoms with Gasteiger partial charge in [0.25, 0.3) is 0 Å². The summed E-state index contributed by atoms with van der Waals surface area (Å²) < 4.78 is 47.4. The lowest BCUT2D eigenvalue weighted by Gasteiger charge is -2.23. The van der Waals surface area contributed by atoms with Crippen LogP contribution in [0.3, 0.4) is 0 Å². The molecule has 0 aliphatic carbocycles. The first-order valence-corrected chi connectivity index (χ1v) is 8.68. The minimum absolute atomic E-state index is 0.0191. The van der Waals surface area contributed by atoms with Crippen LogP contribution in [0.5, 0.6) is 0 Å². The molecule has 1 aliphatic rings. The van der Waals surface area contributed by atoms with Crippen LogP contribution in [-0.4, -0.2) is 42.5 Å². The Morgan fingerprint density at radius 3 is 2.74 bits per heavy atom. The molecule has 0 bridgehead atoms. The highest BCUT2D eigenvalue weighted by molar-refractivity contribution is 7.89. The van der Waals surface area contributed by atoms with Crippen LogP contribution >= 0.6 is 0 Å². The Balaban J connectivity index is 1.95. The van der Waals surface area contributed by atoms with E-state index >= 15 is 0 Å². The average Bonchev–Trinajstić information content (AvgIpc) is 2.86. The summed E-state index contributed by atoms with van der Waals surface area (Å²) in [4.78, 5) is 4.18. The second-order valence-electron chi connectivity index (χ2n) is 5.61. The number of fused-ring (bicyclic) bond motifs is 1. The molecule has 1 aromatic heterocycles. The first kappa shape index (κ1) is 16.1. The van der Waals surface area contributed by atoms with Gasteiger partial charge in [0.2, 0.25) is 10.0 Å². The molecule has 0 radical (unpaired) electrons. The van der Waals surface area contributed by atoms with Crippen molar-refractivity contribution in [3.8, 4) is 0 Å². The molecule has 0 amide bonds. The monoisotopic (exact) mass is 339 g/mol. The first-order valence-electron chi connectivity index (χ1n) is 7.24. The Morgan fingerprint density at radius 2 is 2.04 bits per heavy atom. The van der Waals surface area contributed by atoms with E-state index in [9.17, 15) is 12.8 Å². The summed E-state index contributed by atoms with van der Waals surface area (Å²) >= 11 is 0. The molecule has 3 rings (SSSR count). The predicted molar refractivity (Wildman–Crippen MR) is 81.6 cm³/mol. The third kappa shape index (κ3) is 3.29. The van der Waals surface area contributed by atoms with Crippen molar-refractivity contribution in [3.05, 3.63) is 48.3 Å². The van der Waals surface area contributed by atoms with Crippen molar-refractivity contribution in [1.82, 2.24) is 13.9 Å². The molecule has 2 heterocycles. The largest absolute Gasteiger partial charge is 0.384 e. The molecule has 1 aromatic carbocycles. The van der Waals surface area contributed by atoms with Crippen molar-refractivity contribution in [2.45, 2.75) is 18.0 Å². The maximum Gasteiger partial charge on any atom is 0.243 e. The van der Waals surface area contributed by atoms with Crippen LogP contribution in [0.25, 0.3) is 0 Å². The summed E-state index contributed by atoms with van der Waals surface area (Å²) in [5.74, 6) is -0.444. The Bertz CT molecular complexity index is 774. The predicted octanol–water partition coefficient (Wildman–Crippen LogP) is 1.49. The maximum absolute atomic E-state index is 13.1. The number of aromatic nitrogens is 2. The van der Waals surface area contributed by atoms with Crippen LogP contribution in [0.15, 0.2) is 41.7 Å². The van der Waals surface area contributed by atoms with Gasteiger partial charge in [0.15, 0.2) is 0 Å². The van der Waals surface area contributed by atoms with E-state index in [1.807, 2.05) is 4.57 Å². The fraction of sp³-hybridized carbons (Fsp3) is 0.400. The Morgan fingerprint density at radius 1 is 1.30 bits per heavy atom. The number of ether oxygens (including phenoxy) is 1. The van der Waals surface area contributed by atoms with E-state index in [1.54, 1.807) is 19.6 Å². The number of halogens is 1. The molecule has 0 fully saturated rings. The van der Waals surface area contributed by atoms with E-state index < -0.39 is 15.8 Å². The van der Waals surface area contributed by atoms with E-state index in [4.69, 9.17) is 4.74 Å². The van der Waals surface area contributed by atoms with Gasteiger partial charge in [-0.2, -0.15) is 4.31 Å². The van der Waals surface area contributed by atoms with Crippen molar-refractivity contribution in [3.63, 3.8) is 0 Å². The van der Waals surface area contributed by atoms with E-state index in [-0.39, 0.29) is 17.4 Å². The zero-order valence-corrected chi connectivity index (χ0v) is 13.5. The number of rotatable bonds is 4. The van der Waals surface area contributed by atoms with Crippen LogP contribution < -0.4 is 0 Å². The smallest absolute Gasteiger partial charge is 0.243 e. The summed E-state index contributed by atoms with van der Waals surface area (Å²) in [6.07, 6.45) is 3.37. The Labute approximate surface area is 134 Å². The van der Waals surface area contributed by atoms with Gasteiger partial charge in [-0.3, -0.25) is 0 Å². The summed E-state index contributed by atoms with van der Waals surface area (Å²) in [5, 5.41) is 0. The quantitative estimate of drug-likeness (QED) is 0.847. The topological polar surface area (TPSA) is 64.4 Å². The highest BCUT2D eigenvalue weighted by atomic mass is 32.2. The molecule has 0 N–H and O–H groups in total. The average molecular weight is 339 g/mol. The molecule has 8 heteroatoms. The molecule has 0 saturated carbocycles. The molecule has 1 unspecified atom stereocenters. The number of hydrogen-bond acceptors (Lipinski definition) is 4. The molecular formula is C15H18FN3O3S. The maximum atomic E-state index is 13.1. The lowest BCUT2D eigenvalue weighted by molar-refractivity contribution is 0.134. The molecule has 0 spiro atoms. The van der Waals surface area contributed by atoms with Crippen LogP contribution in [-0.2, 0) is 27.8 Å². The van der Waals surface area contributed by atoms with Gasteiger partial charge in [-0.1, -0.05) is 0 Å². The highest BCUT2D eigenvalue weighted by Gasteiger charge is 2.31. The normalized spacial score (nSPS) is 19.3. The third-order valence-electron chi connectivity index (χ3n) is 3.91. The van der Waals surface area contributed by atoms with E-state index in [0.29, 0.717) is 19.7 Å². The van der Waals surface area contributed by atoms with E-state index in [1.165, 1.54) is 16.4 Å². The Hall–Kier alpha value is -1.77. The van der Waals surface area contributed by atoms with Gasteiger partial charge in [0, 0.05) is 32.3 Å². The molecule has 124 valence electrons. The zero-order chi connectivity index (χ0) is 16.4. The molecule has 2 aromatic rings. The van der Waals surface area contributed by atoms with Crippen molar-refractivity contribution in [2.75, 3.05) is 20.3 Å². The van der Waals surface area contributed by atoms with Gasteiger partial charge in [-0.15, -0.1) is 0 Å². The minimum atomic E-state index is -3.70. The van der Waals surface area contributed by atoms with Crippen LogP contribution in [0.2, 0.25) is 0 Å². The number of hydrogen-bond donors (Lipinski definition) is 0. The van der Waals surface area contributed by atoms with Crippen LogP contribution in [0.4, 0.5) is 4.39 Å². The second-order valence-corrected chi connectivity index (χ2v) is 7.55. The zero-order valence-electron chi connectivity index (χ0n) is 12.7. The summed E-state index contributed by atoms with van der Waals surface area (Å²) in [7, 11) is -2.11. The molecule has 0 saturated heterocycles. The number of imidazole rings is 1. The highest BCUT2D eigenvalue weighted by Crippen LogP contribution is 2.24. The lowest BCUT2D eigenvalue weighted by atomic mass is 10.1. The Kier molecular flexibility index (Phi) is 4.47. The fourth-order valence-electron chi connectivity index (χ4n) is 2.79. The van der Waals surface area contributed by atoms with Gasteiger partial charge >= 0.3 is 0 Å². The lowest BCUT2D eigenvalue weighted by Crippen LogP contribution is -2.35. The van der Waals surface area contributed by atoms with Crippen molar-refractivity contribution >= 4 is 10.0 Å². The van der Waals surface area contributed by atoms with Crippen molar-refractivity contribution in [1.29, 1.82) is 0 Å². The van der Waals surface area contributed by atoms with Gasteiger partial charge in [0.05, 0.1) is 30.1 Å². The molecule has 6 nitrogen and oxygen atoms in total. The molecule has 23 heavy (non-hydrogen) atoms. The van der Waals surface area contributed by atoms with Gasteiger partial charge in [-0.05, 0) is 24.3 Å². The molecular weight excluding hydrogens is 321 g/mol. The number of methoxy groups -OCH3 is 1. The minimum Gasteiger partial charge on any atom is -0.384 e. The standard InChI is InChI=1S/C15H18FN3O3S/c1-22-10-12-7-18-11-17-6-14(18)9-19(8-12)23(20,21)15-4-2-13(16)3-5-15/h2-6,11-12H,7-10H2,1H3. The van der Waals surface area contributed by atoms with Gasteiger partial charge in [0.1, 0.15) is 5.82 Å². The summed E-state index contributed by atoms with van der Waals surface area (Å²) in [6, 6.07) is 4.89. The van der Waals surface area contributed by atoms with Crippen molar-refractivity contribution in [2.24, 2.45) is 5.92 Å².